The van der Waals surface area contributed by atoms with E-state index in [1.165, 1.54) is 0 Å². The second-order valence-electron chi connectivity index (χ2n) is 7.48. The van der Waals surface area contributed by atoms with E-state index in [4.69, 9.17) is 18.9 Å². The second-order valence-corrected chi connectivity index (χ2v) is 7.48. The summed E-state index contributed by atoms with van der Waals surface area (Å²) >= 11 is 0. The number of carbonyl (C=O) groups is 1. The number of amides is 1. The number of aliphatic hydroxyl groups is 1. The summed E-state index contributed by atoms with van der Waals surface area (Å²) in [5.74, 6) is 2.90. The van der Waals surface area contributed by atoms with Crippen LogP contribution in [0.1, 0.15) is 26.2 Å². The normalized spacial score (nSPS) is 28.9. The van der Waals surface area contributed by atoms with E-state index in [0.717, 1.165) is 19.5 Å². The van der Waals surface area contributed by atoms with Gasteiger partial charge in [-0.15, -0.1) is 0 Å². The number of ether oxygens (including phenoxy) is 4. The highest BCUT2D eigenvalue weighted by molar-refractivity contribution is 5.76. The van der Waals surface area contributed by atoms with Gasteiger partial charge in [-0.3, -0.25) is 4.79 Å². The summed E-state index contributed by atoms with van der Waals surface area (Å²) in [4.78, 5) is 14.3. The summed E-state index contributed by atoms with van der Waals surface area (Å²) in [6, 6.07) is 5.47. The molecule has 2 aliphatic heterocycles. The Labute approximate surface area is 159 Å². The summed E-state index contributed by atoms with van der Waals surface area (Å²) in [5.41, 5.74) is 0. The van der Waals surface area contributed by atoms with E-state index >= 15 is 0 Å². The van der Waals surface area contributed by atoms with Gasteiger partial charge in [0.25, 0.3) is 0 Å². The summed E-state index contributed by atoms with van der Waals surface area (Å²) in [7, 11) is 0. The summed E-state index contributed by atoms with van der Waals surface area (Å²) in [6.45, 7) is 4.72. The molecular formula is C20H27NO6. The first-order valence-electron chi connectivity index (χ1n) is 9.74. The highest BCUT2D eigenvalue weighted by Gasteiger charge is 2.43. The predicted octanol–water partition coefficient (Wildman–Crippen LogP) is 1.82. The molecule has 1 N–H and O–H groups in total. The number of hydrogen-bond acceptors (Lipinski definition) is 6. The van der Waals surface area contributed by atoms with E-state index in [9.17, 15) is 9.90 Å². The van der Waals surface area contributed by atoms with Crippen molar-refractivity contribution in [2.45, 2.75) is 38.4 Å². The van der Waals surface area contributed by atoms with Crippen LogP contribution < -0.4 is 14.2 Å². The van der Waals surface area contributed by atoms with E-state index < -0.39 is 6.10 Å². The monoisotopic (exact) mass is 377 g/mol. The van der Waals surface area contributed by atoms with E-state index in [-0.39, 0.29) is 18.8 Å². The van der Waals surface area contributed by atoms with Crippen LogP contribution in [-0.4, -0.2) is 61.2 Å². The molecule has 0 unspecified atom stereocenters. The fourth-order valence-corrected chi connectivity index (χ4v) is 4.31. The number of rotatable bonds is 6. The maximum Gasteiger partial charge on any atom is 0.231 e. The lowest BCUT2D eigenvalue weighted by atomic mass is 9.78. The molecule has 1 saturated heterocycles. The molecule has 4 rings (SSSR count). The summed E-state index contributed by atoms with van der Waals surface area (Å²) in [6.07, 6.45) is 1.03. The van der Waals surface area contributed by atoms with Crippen molar-refractivity contribution in [2.24, 2.45) is 11.8 Å². The molecule has 3 aliphatic rings. The maximum absolute atomic E-state index is 12.4. The van der Waals surface area contributed by atoms with Gasteiger partial charge < -0.3 is 29.0 Å². The van der Waals surface area contributed by atoms with Crippen molar-refractivity contribution < 1.29 is 28.8 Å². The molecule has 4 atom stereocenters. The molecule has 7 heteroatoms. The van der Waals surface area contributed by atoms with E-state index in [0.29, 0.717) is 55.1 Å². The minimum atomic E-state index is -0.532. The fraction of sp³-hybridized carbons (Fsp3) is 0.650. The molecule has 27 heavy (non-hydrogen) atoms. The first-order valence-corrected chi connectivity index (χ1v) is 9.74. The first kappa shape index (κ1) is 18.4. The number of carbonyl (C=O) groups excluding carboxylic acids is 1. The van der Waals surface area contributed by atoms with Crippen LogP contribution in [0.4, 0.5) is 0 Å². The van der Waals surface area contributed by atoms with Crippen molar-refractivity contribution in [1.82, 2.24) is 4.90 Å². The van der Waals surface area contributed by atoms with Crippen molar-refractivity contribution >= 4 is 5.91 Å². The maximum atomic E-state index is 12.4. The van der Waals surface area contributed by atoms with Crippen LogP contribution >= 0.6 is 0 Å². The van der Waals surface area contributed by atoms with E-state index in [1.807, 2.05) is 24.0 Å². The standard InChI is InChI=1S/C20H27NO6/c1-2-24-6-5-20(23)21-10-13-7-16(22)18(8-14(13)11-21)27-15-3-4-17-19(9-15)26-12-25-17/h3-4,9,13-14,16,18,22H,2,5-8,10-12H2,1H3/t13-,14+,16+,18+/m0/s1. The molecule has 1 saturated carbocycles. The highest BCUT2D eigenvalue weighted by atomic mass is 16.7. The lowest BCUT2D eigenvalue weighted by molar-refractivity contribution is -0.131. The smallest absolute Gasteiger partial charge is 0.231 e. The number of fused-ring (bicyclic) bond motifs is 2. The molecular weight excluding hydrogens is 350 g/mol. The molecule has 2 heterocycles. The van der Waals surface area contributed by atoms with Gasteiger partial charge in [0.2, 0.25) is 12.7 Å². The van der Waals surface area contributed by atoms with Crippen molar-refractivity contribution in [1.29, 1.82) is 0 Å². The summed E-state index contributed by atoms with van der Waals surface area (Å²) in [5, 5.41) is 10.6. The van der Waals surface area contributed by atoms with Crippen LogP contribution in [0.25, 0.3) is 0 Å². The Morgan fingerprint density at radius 3 is 2.81 bits per heavy atom. The third-order valence-corrected chi connectivity index (χ3v) is 5.73. The predicted molar refractivity (Wildman–Crippen MR) is 96.9 cm³/mol. The molecule has 148 valence electrons. The Hall–Kier alpha value is -1.99. The third kappa shape index (κ3) is 3.99. The second kappa shape index (κ2) is 7.94. The number of aliphatic hydroxyl groups excluding tert-OH is 1. The van der Waals surface area contributed by atoms with Crippen molar-refractivity contribution in [3.63, 3.8) is 0 Å². The average molecular weight is 377 g/mol. The minimum absolute atomic E-state index is 0.139. The molecule has 0 aromatic heterocycles. The van der Waals surface area contributed by atoms with Crippen LogP contribution in [0, 0.1) is 11.8 Å². The molecule has 2 fully saturated rings. The van der Waals surface area contributed by atoms with Crippen LogP contribution in [0.5, 0.6) is 17.2 Å². The largest absolute Gasteiger partial charge is 0.488 e. The van der Waals surface area contributed by atoms with Gasteiger partial charge in [-0.05, 0) is 43.7 Å². The third-order valence-electron chi connectivity index (χ3n) is 5.73. The Kier molecular flexibility index (Phi) is 5.41. The van der Waals surface area contributed by atoms with Crippen LogP contribution in [0.2, 0.25) is 0 Å². The Balaban J connectivity index is 1.34. The van der Waals surface area contributed by atoms with Crippen LogP contribution in [-0.2, 0) is 9.53 Å². The molecule has 0 spiro atoms. The van der Waals surface area contributed by atoms with Crippen molar-refractivity contribution in [3.05, 3.63) is 18.2 Å². The van der Waals surface area contributed by atoms with Crippen molar-refractivity contribution in [3.8, 4) is 17.2 Å². The zero-order valence-electron chi connectivity index (χ0n) is 15.6. The van der Waals surface area contributed by atoms with Gasteiger partial charge in [-0.25, -0.2) is 0 Å². The zero-order valence-corrected chi connectivity index (χ0v) is 15.6. The van der Waals surface area contributed by atoms with Gasteiger partial charge in [-0.2, -0.15) is 0 Å². The average Bonchev–Trinajstić information content (AvgIpc) is 3.28. The Morgan fingerprint density at radius 1 is 1.22 bits per heavy atom. The highest BCUT2D eigenvalue weighted by Crippen LogP contribution is 2.40. The number of hydrogen-bond donors (Lipinski definition) is 1. The molecule has 1 aliphatic carbocycles. The van der Waals surface area contributed by atoms with Crippen LogP contribution in [0.15, 0.2) is 18.2 Å². The van der Waals surface area contributed by atoms with Crippen LogP contribution in [0.3, 0.4) is 0 Å². The van der Waals surface area contributed by atoms with Crippen molar-refractivity contribution in [2.75, 3.05) is 33.1 Å². The zero-order chi connectivity index (χ0) is 18.8. The Morgan fingerprint density at radius 2 is 2.00 bits per heavy atom. The molecule has 0 bridgehead atoms. The molecule has 7 nitrogen and oxygen atoms in total. The SMILES string of the molecule is CCOCCC(=O)N1C[C@H]2C[C@@H](Oc3ccc4c(c3)OCO4)[C@H](O)C[C@H]2C1. The van der Waals surface area contributed by atoms with Gasteiger partial charge in [-0.1, -0.05) is 0 Å². The number of benzene rings is 1. The van der Waals surface area contributed by atoms with Gasteiger partial charge in [0, 0.05) is 25.8 Å². The molecule has 1 aromatic rings. The minimum Gasteiger partial charge on any atom is -0.488 e. The lowest BCUT2D eigenvalue weighted by Crippen LogP contribution is -2.42. The van der Waals surface area contributed by atoms with Gasteiger partial charge >= 0.3 is 0 Å². The topological polar surface area (TPSA) is 77.5 Å². The van der Waals surface area contributed by atoms with E-state index in [2.05, 4.69) is 0 Å². The molecule has 0 radical (unpaired) electrons. The van der Waals surface area contributed by atoms with Gasteiger partial charge in [0.1, 0.15) is 11.9 Å². The molecule has 1 amide bonds. The molecule has 1 aromatic carbocycles. The quantitative estimate of drug-likeness (QED) is 0.762. The lowest BCUT2D eigenvalue weighted by Gasteiger charge is -2.35. The van der Waals surface area contributed by atoms with Gasteiger partial charge in [0.05, 0.1) is 19.1 Å². The number of nitrogens with zero attached hydrogens (tertiary/aromatic N) is 1. The van der Waals surface area contributed by atoms with E-state index in [1.54, 1.807) is 6.07 Å². The Bertz CT molecular complexity index is 680. The number of likely N-dealkylation sites (tertiary alicyclic amines) is 1. The summed E-state index contributed by atoms with van der Waals surface area (Å²) < 4.78 is 22.1. The fourth-order valence-electron chi connectivity index (χ4n) is 4.31. The first-order chi connectivity index (χ1) is 13.1. The van der Waals surface area contributed by atoms with Gasteiger partial charge in [0.15, 0.2) is 11.5 Å².